The molecule has 0 saturated carbocycles. The van der Waals surface area contributed by atoms with Crippen molar-refractivity contribution in [3.8, 4) is 0 Å². The Morgan fingerprint density at radius 2 is 1.67 bits per heavy atom. The number of hydrogen-bond acceptors (Lipinski definition) is 6. The van der Waals surface area contributed by atoms with Crippen molar-refractivity contribution >= 4 is 67.7 Å². The van der Waals surface area contributed by atoms with E-state index in [0.717, 1.165) is 12.3 Å². The predicted molar refractivity (Wildman–Crippen MR) is 68.9 cm³/mol. The van der Waals surface area contributed by atoms with Gasteiger partial charge in [-0.1, -0.05) is 0 Å². The third-order valence-electron chi connectivity index (χ3n) is 1.58. The zero-order valence-corrected chi connectivity index (χ0v) is 17.1. The van der Waals surface area contributed by atoms with E-state index in [4.69, 9.17) is 0 Å². The molecule has 0 amide bonds. The molecule has 12 heteroatoms. The molecule has 1 heterocycles. The maximum atomic E-state index is 11.9. The summed E-state index contributed by atoms with van der Waals surface area (Å²) in [6, 6.07) is 1.76. The minimum Gasteiger partial charge on any atom is -0.743 e. The SMILES string of the molecule is O=S(=O)([O-])c1cc(S(=O)(=O)C(Br)(Br)Br)ccn1.[Na+]. The molecule has 0 spiro atoms. The van der Waals surface area contributed by atoms with E-state index < -0.39 is 26.5 Å². The van der Waals surface area contributed by atoms with E-state index in [-0.39, 0.29) is 34.5 Å². The van der Waals surface area contributed by atoms with Crippen molar-refractivity contribution < 1.29 is 50.9 Å². The molecule has 0 aliphatic rings. The maximum absolute atomic E-state index is 11.9. The number of nitrogens with zero attached hydrogens (tertiary/aromatic N) is 1. The minimum absolute atomic E-state index is 0. The topological polar surface area (TPSA) is 104 Å². The van der Waals surface area contributed by atoms with Gasteiger partial charge in [-0.15, -0.1) is 0 Å². The van der Waals surface area contributed by atoms with Crippen LogP contribution in [0.2, 0.25) is 0 Å². The molecule has 0 aliphatic heterocycles. The average molecular weight is 496 g/mol. The Kier molecular flexibility index (Phi) is 7.00. The number of halogens is 3. The molecule has 96 valence electrons. The zero-order chi connectivity index (χ0) is 13.5. The average Bonchev–Trinajstić information content (AvgIpc) is 2.15. The van der Waals surface area contributed by atoms with Gasteiger partial charge in [0.2, 0.25) is 11.3 Å². The van der Waals surface area contributed by atoms with Gasteiger partial charge in [-0.25, -0.2) is 21.8 Å². The minimum atomic E-state index is -4.80. The second-order valence-electron chi connectivity index (χ2n) is 2.73. The second kappa shape index (κ2) is 6.48. The zero-order valence-electron chi connectivity index (χ0n) is 8.67. The van der Waals surface area contributed by atoms with Crippen molar-refractivity contribution in [2.75, 3.05) is 0 Å². The smallest absolute Gasteiger partial charge is 0.743 e. The molecule has 1 aromatic heterocycles. The molecule has 1 rings (SSSR count). The normalized spacial score (nSPS) is 12.9. The van der Waals surface area contributed by atoms with Crippen molar-refractivity contribution in [2.45, 2.75) is 11.4 Å². The molecule has 0 atom stereocenters. The summed E-state index contributed by atoms with van der Waals surface area (Å²) in [5.74, 6) is 0. The van der Waals surface area contributed by atoms with Crippen LogP contribution in [0, 0.1) is 0 Å². The van der Waals surface area contributed by atoms with Crippen molar-refractivity contribution in [3.63, 3.8) is 0 Å². The number of rotatable bonds is 2. The van der Waals surface area contributed by atoms with Gasteiger partial charge in [-0.05, 0) is 59.9 Å². The van der Waals surface area contributed by atoms with Crippen LogP contribution in [-0.4, -0.2) is 27.8 Å². The van der Waals surface area contributed by atoms with Crippen LogP contribution < -0.4 is 29.6 Å². The standard InChI is InChI=1S/C6H4Br3NO5S2.Na/c7-6(8,9)16(11,12)4-1-2-10-5(3-4)17(13,14)15;/h1-3H,(H,13,14,15);/q;+1/p-1. The maximum Gasteiger partial charge on any atom is 1.00 e. The van der Waals surface area contributed by atoms with Gasteiger partial charge in [0.25, 0.3) is 0 Å². The van der Waals surface area contributed by atoms with Gasteiger partial charge in [0.15, 0.2) is 0 Å². The molecule has 0 bridgehead atoms. The summed E-state index contributed by atoms with van der Waals surface area (Å²) >= 11 is 8.43. The molecule has 0 aromatic carbocycles. The van der Waals surface area contributed by atoms with Crippen LogP contribution in [0.4, 0.5) is 0 Å². The Labute approximate surface area is 151 Å². The van der Waals surface area contributed by atoms with E-state index in [9.17, 15) is 21.4 Å². The first-order valence-corrected chi connectivity index (χ1v) is 8.96. The number of sulfone groups is 1. The van der Waals surface area contributed by atoms with Crippen LogP contribution in [0.25, 0.3) is 0 Å². The predicted octanol–water partition coefficient (Wildman–Crippen LogP) is -1.44. The van der Waals surface area contributed by atoms with Gasteiger partial charge < -0.3 is 4.55 Å². The molecular weight excluding hydrogens is 493 g/mol. The van der Waals surface area contributed by atoms with Crippen LogP contribution >= 0.6 is 47.8 Å². The van der Waals surface area contributed by atoms with E-state index in [1.807, 2.05) is 0 Å². The number of alkyl halides is 3. The Morgan fingerprint density at radius 1 is 1.17 bits per heavy atom. The molecular formula is C6H3Br3NNaO5S2. The summed E-state index contributed by atoms with van der Waals surface area (Å²) in [5, 5.41) is -0.852. The molecule has 1 aromatic rings. The van der Waals surface area contributed by atoms with Crippen LogP contribution in [0.1, 0.15) is 0 Å². The summed E-state index contributed by atoms with van der Waals surface area (Å²) in [5.41, 5.74) is 0. The van der Waals surface area contributed by atoms with Gasteiger partial charge >= 0.3 is 29.6 Å². The monoisotopic (exact) mass is 493 g/mol. The third-order valence-corrected chi connectivity index (χ3v) is 7.63. The molecule has 0 N–H and O–H groups in total. The van der Waals surface area contributed by atoms with Gasteiger partial charge in [0, 0.05) is 6.20 Å². The second-order valence-corrected chi connectivity index (χ2v) is 14.5. The Bertz CT molecular complexity index is 639. The van der Waals surface area contributed by atoms with E-state index >= 15 is 0 Å². The van der Waals surface area contributed by atoms with Crippen LogP contribution in [0.3, 0.4) is 0 Å². The summed E-state index contributed by atoms with van der Waals surface area (Å²) in [7, 11) is -8.76. The summed E-state index contributed by atoms with van der Waals surface area (Å²) in [6.07, 6.45) is 0.927. The van der Waals surface area contributed by atoms with Gasteiger partial charge in [0.1, 0.15) is 15.1 Å². The molecule has 18 heavy (non-hydrogen) atoms. The number of hydrogen-bond donors (Lipinski definition) is 0. The van der Waals surface area contributed by atoms with E-state index in [2.05, 4.69) is 52.8 Å². The Balaban J connectivity index is 0.00000289. The Hall–Kier alpha value is 1.45. The summed E-state index contributed by atoms with van der Waals surface area (Å²) in [4.78, 5) is 2.93. The number of pyridine rings is 1. The third kappa shape index (κ3) is 4.48. The van der Waals surface area contributed by atoms with Crippen molar-refractivity contribution in [1.82, 2.24) is 4.98 Å². The molecule has 0 radical (unpaired) electrons. The van der Waals surface area contributed by atoms with Gasteiger partial charge in [-0.2, -0.15) is 0 Å². The fraction of sp³-hybridized carbons (Fsp3) is 0.167. The fourth-order valence-electron chi connectivity index (χ4n) is 0.829. The molecule has 6 nitrogen and oxygen atoms in total. The van der Waals surface area contributed by atoms with Gasteiger partial charge in [0.05, 0.1) is 4.90 Å². The largest absolute Gasteiger partial charge is 1.00 e. The fourth-order valence-corrected chi connectivity index (χ4v) is 3.82. The van der Waals surface area contributed by atoms with Crippen molar-refractivity contribution in [1.29, 1.82) is 0 Å². The Morgan fingerprint density at radius 3 is 2.06 bits per heavy atom. The number of aromatic nitrogens is 1. The molecule has 0 fully saturated rings. The molecule has 0 saturated heterocycles. The first kappa shape index (κ1) is 19.4. The quantitative estimate of drug-likeness (QED) is 0.283. The summed E-state index contributed by atoms with van der Waals surface area (Å²) in [6.45, 7) is 0. The van der Waals surface area contributed by atoms with Gasteiger partial charge in [-0.3, -0.25) is 0 Å². The molecule has 0 unspecified atom stereocenters. The van der Waals surface area contributed by atoms with Crippen molar-refractivity contribution in [3.05, 3.63) is 18.3 Å². The van der Waals surface area contributed by atoms with Crippen LogP contribution in [-0.2, 0) is 20.0 Å². The van der Waals surface area contributed by atoms with Crippen molar-refractivity contribution in [2.24, 2.45) is 0 Å². The van der Waals surface area contributed by atoms with Crippen LogP contribution in [0.15, 0.2) is 28.3 Å². The summed E-state index contributed by atoms with van der Waals surface area (Å²) < 4.78 is 54.2. The van der Waals surface area contributed by atoms with Crippen LogP contribution in [0.5, 0.6) is 0 Å². The molecule has 0 aliphatic carbocycles. The first-order chi connectivity index (χ1) is 7.46. The van der Waals surface area contributed by atoms with E-state index in [1.165, 1.54) is 0 Å². The van der Waals surface area contributed by atoms with E-state index in [0.29, 0.717) is 6.07 Å². The van der Waals surface area contributed by atoms with E-state index in [1.54, 1.807) is 0 Å². The first-order valence-electron chi connectivity index (χ1n) is 3.69.